The van der Waals surface area contributed by atoms with Gasteiger partial charge in [-0.2, -0.15) is 11.3 Å². The first kappa shape index (κ1) is 12.6. The number of nitrogens with zero attached hydrogens (tertiary/aromatic N) is 3. The summed E-state index contributed by atoms with van der Waals surface area (Å²) in [6, 6.07) is 2.16. The van der Waals surface area contributed by atoms with Crippen molar-refractivity contribution in [1.82, 2.24) is 9.97 Å². The summed E-state index contributed by atoms with van der Waals surface area (Å²) in [7, 11) is 2.09. The molecule has 0 fully saturated rings. The van der Waals surface area contributed by atoms with Crippen LogP contribution in [0.15, 0.2) is 23.2 Å². The van der Waals surface area contributed by atoms with Crippen LogP contribution in [-0.2, 0) is 6.54 Å². The van der Waals surface area contributed by atoms with E-state index in [2.05, 4.69) is 52.6 Å². The van der Waals surface area contributed by atoms with E-state index in [9.17, 15) is 0 Å². The fraction of sp³-hybridized carbons (Fsp3) is 0.286. The Labute approximate surface area is 120 Å². The van der Waals surface area contributed by atoms with Gasteiger partial charge in [0.15, 0.2) is 0 Å². The Kier molecular flexibility index (Phi) is 3.24. The lowest BCUT2D eigenvalue weighted by atomic mass is 10.2. The summed E-state index contributed by atoms with van der Waals surface area (Å²) < 4.78 is 0. The van der Waals surface area contributed by atoms with E-state index in [0.717, 1.165) is 17.2 Å². The molecule has 0 aliphatic heterocycles. The molecule has 98 valence electrons. The van der Waals surface area contributed by atoms with Crippen LogP contribution in [0.25, 0.3) is 10.2 Å². The molecule has 3 nitrogen and oxygen atoms in total. The molecular weight excluding hydrogens is 274 g/mol. The zero-order valence-corrected chi connectivity index (χ0v) is 12.8. The highest BCUT2D eigenvalue weighted by molar-refractivity contribution is 7.18. The Balaban J connectivity index is 2.04. The van der Waals surface area contributed by atoms with Crippen LogP contribution in [0.3, 0.4) is 0 Å². The van der Waals surface area contributed by atoms with Gasteiger partial charge in [0.25, 0.3) is 0 Å². The first-order chi connectivity index (χ1) is 9.16. The van der Waals surface area contributed by atoms with Crippen molar-refractivity contribution in [2.24, 2.45) is 0 Å². The third-order valence-corrected chi connectivity index (χ3v) is 5.15. The van der Waals surface area contributed by atoms with Gasteiger partial charge in [0.05, 0.1) is 5.39 Å². The smallest absolute Gasteiger partial charge is 0.141 e. The van der Waals surface area contributed by atoms with Crippen molar-refractivity contribution in [1.29, 1.82) is 0 Å². The number of aromatic nitrogens is 2. The molecule has 3 aromatic rings. The molecule has 3 aromatic heterocycles. The van der Waals surface area contributed by atoms with Crippen molar-refractivity contribution in [3.63, 3.8) is 0 Å². The summed E-state index contributed by atoms with van der Waals surface area (Å²) in [6.07, 6.45) is 1.66. The number of thiophene rings is 2. The summed E-state index contributed by atoms with van der Waals surface area (Å²) in [5.74, 6) is 1.03. The topological polar surface area (TPSA) is 29.0 Å². The predicted octanol–water partition coefficient (Wildman–Crippen LogP) is 4.01. The fourth-order valence-electron chi connectivity index (χ4n) is 2.18. The molecule has 0 spiro atoms. The number of hydrogen-bond acceptors (Lipinski definition) is 5. The molecule has 0 amide bonds. The minimum atomic E-state index is 0.879. The molecule has 0 aromatic carbocycles. The standard InChI is InChI=1S/C14H15N3S2/c1-9-10(2)19-14-12(9)13(15-8-16-14)17(3)6-11-4-5-18-7-11/h4-5,7-8H,6H2,1-3H3. The Morgan fingerprint density at radius 1 is 1.26 bits per heavy atom. The first-order valence-corrected chi connectivity index (χ1v) is 7.85. The number of aryl methyl sites for hydroxylation is 2. The third kappa shape index (κ3) is 2.24. The summed E-state index contributed by atoms with van der Waals surface area (Å²) in [6.45, 7) is 5.17. The monoisotopic (exact) mass is 289 g/mol. The maximum absolute atomic E-state index is 4.49. The molecule has 3 heterocycles. The quantitative estimate of drug-likeness (QED) is 0.729. The lowest BCUT2D eigenvalue weighted by Crippen LogP contribution is -2.17. The number of rotatable bonds is 3. The van der Waals surface area contributed by atoms with Crippen LogP contribution in [0, 0.1) is 13.8 Å². The van der Waals surface area contributed by atoms with E-state index < -0.39 is 0 Å². The maximum Gasteiger partial charge on any atom is 0.141 e. The van der Waals surface area contributed by atoms with Gasteiger partial charge in [0.1, 0.15) is 17.0 Å². The molecule has 0 aliphatic rings. The van der Waals surface area contributed by atoms with Gasteiger partial charge < -0.3 is 4.90 Å². The SMILES string of the molecule is Cc1sc2ncnc(N(C)Cc3ccsc3)c2c1C. The lowest BCUT2D eigenvalue weighted by Gasteiger charge is -2.18. The van der Waals surface area contributed by atoms with Gasteiger partial charge in [-0.05, 0) is 41.8 Å². The van der Waals surface area contributed by atoms with Crippen LogP contribution in [0.4, 0.5) is 5.82 Å². The van der Waals surface area contributed by atoms with Crippen molar-refractivity contribution in [3.05, 3.63) is 39.2 Å². The van der Waals surface area contributed by atoms with Crippen molar-refractivity contribution < 1.29 is 0 Å². The van der Waals surface area contributed by atoms with E-state index in [0.29, 0.717) is 0 Å². The summed E-state index contributed by atoms with van der Waals surface area (Å²) >= 11 is 3.47. The normalized spacial score (nSPS) is 11.1. The molecule has 19 heavy (non-hydrogen) atoms. The zero-order chi connectivity index (χ0) is 13.4. The lowest BCUT2D eigenvalue weighted by molar-refractivity contribution is 0.904. The van der Waals surface area contributed by atoms with Crippen LogP contribution >= 0.6 is 22.7 Å². The average molecular weight is 289 g/mol. The van der Waals surface area contributed by atoms with Crippen molar-refractivity contribution in [2.75, 3.05) is 11.9 Å². The van der Waals surface area contributed by atoms with Crippen LogP contribution in [0.5, 0.6) is 0 Å². The molecule has 0 bridgehead atoms. The summed E-state index contributed by atoms with van der Waals surface area (Å²) in [4.78, 5) is 13.5. The molecule has 0 saturated carbocycles. The molecule has 0 saturated heterocycles. The van der Waals surface area contributed by atoms with E-state index in [1.807, 2.05) is 0 Å². The highest BCUT2D eigenvalue weighted by atomic mass is 32.1. The highest BCUT2D eigenvalue weighted by Crippen LogP contribution is 2.34. The van der Waals surface area contributed by atoms with Gasteiger partial charge in [0.2, 0.25) is 0 Å². The number of anilines is 1. The highest BCUT2D eigenvalue weighted by Gasteiger charge is 2.15. The molecular formula is C14H15N3S2. The van der Waals surface area contributed by atoms with Crippen molar-refractivity contribution in [3.8, 4) is 0 Å². The Morgan fingerprint density at radius 3 is 2.84 bits per heavy atom. The van der Waals surface area contributed by atoms with Crippen molar-refractivity contribution in [2.45, 2.75) is 20.4 Å². The zero-order valence-electron chi connectivity index (χ0n) is 11.2. The predicted molar refractivity (Wildman–Crippen MR) is 83.3 cm³/mol. The molecule has 0 unspecified atom stereocenters. The number of fused-ring (bicyclic) bond motifs is 1. The van der Waals surface area contributed by atoms with Gasteiger partial charge in [-0.1, -0.05) is 0 Å². The number of hydrogen-bond donors (Lipinski definition) is 0. The van der Waals surface area contributed by atoms with Gasteiger partial charge in [-0.25, -0.2) is 9.97 Å². The molecule has 0 N–H and O–H groups in total. The molecule has 0 atom stereocenters. The minimum Gasteiger partial charge on any atom is -0.355 e. The Morgan fingerprint density at radius 2 is 2.11 bits per heavy atom. The van der Waals surface area contributed by atoms with E-state index in [4.69, 9.17) is 0 Å². The van der Waals surface area contributed by atoms with E-state index in [1.54, 1.807) is 29.0 Å². The Bertz CT molecular complexity index is 701. The average Bonchev–Trinajstić information content (AvgIpc) is 2.99. The van der Waals surface area contributed by atoms with Crippen LogP contribution < -0.4 is 4.90 Å². The minimum absolute atomic E-state index is 0.879. The van der Waals surface area contributed by atoms with Gasteiger partial charge in [0, 0.05) is 18.5 Å². The van der Waals surface area contributed by atoms with Gasteiger partial charge in [-0.15, -0.1) is 11.3 Å². The third-order valence-electron chi connectivity index (χ3n) is 3.31. The largest absolute Gasteiger partial charge is 0.355 e. The van der Waals surface area contributed by atoms with E-state index in [-0.39, 0.29) is 0 Å². The maximum atomic E-state index is 4.49. The van der Waals surface area contributed by atoms with E-state index >= 15 is 0 Å². The molecule has 3 rings (SSSR count). The van der Waals surface area contributed by atoms with Crippen LogP contribution in [0.1, 0.15) is 16.0 Å². The first-order valence-electron chi connectivity index (χ1n) is 6.09. The second-order valence-electron chi connectivity index (χ2n) is 4.65. The summed E-state index contributed by atoms with van der Waals surface area (Å²) in [5, 5.41) is 5.49. The molecule has 5 heteroatoms. The van der Waals surface area contributed by atoms with Crippen LogP contribution in [0.2, 0.25) is 0 Å². The van der Waals surface area contributed by atoms with Gasteiger partial charge in [-0.3, -0.25) is 0 Å². The van der Waals surface area contributed by atoms with E-state index in [1.165, 1.54) is 21.4 Å². The second kappa shape index (κ2) is 4.90. The summed E-state index contributed by atoms with van der Waals surface area (Å²) in [5.41, 5.74) is 2.62. The van der Waals surface area contributed by atoms with Gasteiger partial charge >= 0.3 is 0 Å². The van der Waals surface area contributed by atoms with Crippen LogP contribution in [-0.4, -0.2) is 17.0 Å². The Hall–Kier alpha value is -1.46. The molecule has 0 radical (unpaired) electrons. The fourth-order valence-corrected chi connectivity index (χ4v) is 3.84. The second-order valence-corrected chi connectivity index (χ2v) is 6.63. The van der Waals surface area contributed by atoms with Crippen molar-refractivity contribution >= 4 is 38.7 Å². The molecule has 0 aliphatic carbocycles.